The molecule has 1 nitrogen and oxygen atoms in total. The molecule has 0 fully saturated rings. The molecule has 0 heterocycles. The first-order valence-electron chi connectivity index (χ1n) is 4.25. The number of hydrogen-bond acceptors (Lipinski definition) is 1. The van der Waals surface area contributed by atoms with Gasteiger partial charge in [0.25, 0.3) is 0 Å². The summed E-state index contributed by atoms with van der Waals surface area (Å²) in [6.45, 7) is 2.52. The van der Waals surface area contributed by atoms with E-state index in [2.05, 4.69) is 0 Å². The topological polar surface area (TPSA) is 26.0 Å². The van der Waals surface area contributed by atoms with E-state index >= 15 is 0 Å². The molecular formula is C10H14FN. The highest BCUT2D eigenvalue weighted by molar-refractivity contribution is 5.24. The minimum atomic E-state index is -0.108. The molecule has 0 aliphatic heterocycles. The first-order valence-corrected chi connectivity index (χ1v) is 4.25. The van der Waals surface area contributed by atoms with Gasteiger partial charge in [0.05, 0.1) is 0 Å². The molecule has 0 aliphatic carbocycles. The zero-order chi connectivity index (χ0) is 8.97. The summed E-state index contributed by atoms with van der Waals surface area (Å²) in [5, 5.41) is 0. The number of aryl methyl sites for hydroxylation is 1. The normalized spacial score (nSPS) is 10.2. The summed E-state index contributed by atoms with van der Waals surface area (Å²) >= 11 is 0. The molecule has 0 bridgehead atoms. The fourth-order valence-electron chi connectivity index (χ4n) is 1.20. The molecule has 66 valence electrons. The maximum absolute atomic E-state index is 13.1. The van der Waals surface area contributed by atoms with Crippen molar-refractivity contribution in [3.8, 4) is 0 Å². The number of hydrogen-bond donors (Lipinski definition) is 1. The molecule has 2 N–H and O–H groups in total. The summed E-state index contributed by atoms with van der Waals surface area (Å²) in [5.41, 5.74) is 7.11. The molecule has 1 aromatic rings. The van der Waals surface area contributed by atoms with Gasteiger partial charge in [-0.3, -0.25) is 0 Å². The van der Waals surface area contributed by atoms with Gasteiger partial charge in [0.15, 0.2) is 0 Å². The van der Waals surface area contributed by atoms with Crippen molar-refractivity contribution in [3.05, 3.63) is 35.1 Å². The van der Waals surface area contributed by atoms with Crippen molar-refractivity contribution in [2.75, 3.05) is 6.54 Å². The van der Waals surface area contributed by atoms with Crippen molar-refractivity contribution in [2.45, 2.75) is 19.8 Å². The zero-order valence-electron chi connectivity index (χ0n) is 7.31. The Kier molecular flexibility index (Phi) is 3.23. The third-order valence-electron chi connectivity index (χ3n) is 1.93. The largest absolute Gasteiger partial charge is 0.330 e. The second-order valence-electron chi connectivity index (χ2n) is 2.82. The average molecular weight is 167 g/mol. The standard InChI is InChI=1S/C10H14FN/c1-2-9-4-3-8(5-6-12)7-10(9)11/h3-4,7H,2,5-6,12H2,1H3. The molecule has 0 aliphatic rings. The Morgan fingerprint density at radius 2 is 2.17 bits per heavy atom. The van der Waals surface area contributed by atoms with Gasteiger partial charge in [-0.05, 0) is 36.6 Å². The van der Waals surface area contributed by atoms with Crippen LogP contribution in [0.5, 0.6) is 0 Å². The Labute approximate surface area is 72.4 Å². The minimum Gasteiger partial charge on any atom is -0.330 e. The second-order valence-corrected chi connectivity index (χ2v) is 2.82. The molecule has 2 heteroatoms. The van der Waals surface area contributed by atoms with Crippen LogP contribution in [0.3, 0.4) is 0 Å². The first-order chi connectivity index (χ1) is 5.77. The quantitative estimate of drug-likeness (QED) is 0.731. The highest BCUT2D eigenvalue weighted by atomic mass is 19.1. The van der Waals surface area contributed by atoms with Crippen LogP contribution in [0.15, 0.2) is 18.2 Å². The number of halogens is 1. The van der Waals surface area contributed by atoms with Crippen LogP contribution in [0.4, 0.5) is 4.39 Å². The van der Waals surface area contributed by atoms with Crippen LogP contribution in [0.25, 0.3) is 0 Å². The third-order valence-corrected chi connectivity index (χ3v) is 1.93. The maximum atomic E-state index is 13.1. The monoisotopic (exact) mass is 167 g/mol. The van der Waals surface area contributed by atoms with E-state index in [0.29, 0.717) is 6.54 Å². The van der Waals surface area contributed by atoms with Gasteiger partial charge in [-0.15, -0.1) is 0 Å². The number of benzene rings is 1. The van der Waals surface area contributed by atoms with Crippen molar-refractivity contribution in [3.63, 3.8) is 0 Å². The first kappa shape index (κ1) is 9.20. The zero-order valence-corrected chi connectivity index (χ0v) is 7.31. The van der Waals surface area contributed by atoms with Gasteiger partial charge in [0.2, 0.25) is 0 Å². The van der Waals surface area contributed by atoms with E-state index in [1.807, 2.05) is 19.1 Å². The van der Waals surface area contributed by atoms with Gasteiger partial charge in [0, 0.05) is 0 Å². The molecule has 0 saturated heterocycles. The predicted octanol–water partition coefficient (Wildman–Crippen LogP) is 1.89. The summed E-state index contributed by atoms with van der Waals surface area (Å²) in [6, 6.07) is 5.35. The van der Waals surface area contributed by atoms with Gasteiger partial charge in [0.1, 0.15) is 5.82 Å². The van der Waals surface area contributed by atoms with Crippen molar-refractivity contribution < 1.29 is 4.39 Å². The van der Waals surface area contributed by atoms with Crippen LogP contribution in [0.2, 0.25) is 0 Å². The number of rotatable bonds is 3. The molecule has 1 aromatic carbocycles. The Hall–Kier alpha value is -0.890. The predicted molar refractivity (Wildman–Crippen MR) is 48.5 cm³/mol. The molecule has 1 rings (SSSR count). The summed E-state index contributed by atoms with van der Waals surface area (Å²) in [6.07, 6.45) is 1.50. The van der Waals surface area contributed by atoms with Crippen LogP contribution >= 0.6 is 0 Å². The van der Waals surface area contributed by atoms with Crippen LogP contribution in [0, 0.1) is 5.82 Å². The highest BCUT2D eigenvalue weighted by Gasteiger charge is 2.00. The van der Waals surface area contributed by atoms with E-state index in [9.17, 15) is 4.39 Å². The smallest absolute Gasteiger partial charge is 0.126 e. The van der Waals surface area contributed by atoms with E-state index < -0.39 is 0 Å². The van der Waals surface area contributed by atoms with Crippen LogP contribution < -0.4 is 5.73 Å². The third kappa shape index (κ3) is 2.05. The van der Waals surface area contributed by atoms with Crippen LogP contribution in [-0.2, 0) is 12.8 Å². The van der Waals surface area contributed by atoms with Gasteiger partial charge >= 0.3 is 0 Å². The molecule has 0 saturated carbocycles. The van der Waals surface area contributed by atoms with Crippen molar-refractivity contribution in [1.29, 1.82) is 0 Å². The van der Waals surface area contributed by atoms with Gasteiger partial charge in [-0.2, -0.15) is 0 Å². The van der Waals surface area contributed by atoms with Gasteiger partial charge in [-0.25, -0.2) is 4.39 Å². The summed E-state index contributed by atoms with van der Waals surface area (Å²) < 4.78 is 13.1. The van der Waals surface area contributed by atoms with Crippen LogP contribution in [0.1, 0.15) is 18.1 Å². The lowest BCUT2D eigenvalue weighted by molar-refractivity contribution is 0.609. The lowest BCUT2D eigenvalue weighted by Gasteiger charge is -2.02. The van der Waals surface area contributed by atoms with Crippen molar-refractivity contribution in [1.82, 2.24) is 0 Å². The summed E-state index contributed by atoms with van der Waals surface area (Å²) in [5.74, 6) is -0.108. The number of nitrogens with two attached hydrogens (primary N) is 1. The Bertz CT molecular complexity index is 258. The van der Waals surface area contributed by atoms with Gasteiger partial charge in [-0.1, -0.05) is 19.1 Å². The fourth-order valence-corrected chi connectivity index (χ4v) is 1.20. The maximum Gasteiger partial charge on any atom is 0.126 e. The van der Waals surface area contributed by atoms with Crippen molar-refractivity contribution in [2.24, 2.45) is 5.73 Å². The molecule has 0 amide bonds. The molecular weight excluding hydrogens is 153 g/mol. The molecule has 0 atom stereocenters. The summed E-state index contributed by atoms with van der Waals surface area (Å²) in [7, 11) is 0. The second kappa shape index (κ2) is 4.21. The minimum absolute atomic E-state index is 0.108. The van der Waals surface area contributed by atoms with Gasteiger partial charge < -0.3 is 5.73 Å². The average Bonchev–Trinajstić information content (AvgIpc) is 2.05. The van der Waals surface area contributed by atoms with Crippen LogP contribution in [-0.4, -0.2) is 6.54 Å². The molecule has 0 unspecified atom stereocenters. The Morgan fingerprint density at radius 3 is 2.67 bits per heavy atom. The SMILES string of the molecule is CCc1ccc(CCN)cc1F. The lowest BCUT2D eigenvalue weighted by Crippen LogP contribution is -2.03. The molecule has 0 spiro atoms. The summed E-state index contributed by atoms with van der Waals surface area (Å²) in [4.78, 5) is 0. The molecule has 12 heavy (non-hydrogen) atoms. The van der Waals surface area contributed by atoms with E-state index in [-0.39, 0.29) is 5.82 Å². The van der Waals surface area contributed by atoms with E-state index in [1.54, 1.807) is 6.07 Å². The van der Waals surface area contributed by atoms with E-state index in [0.717, 1.165) is 24.0 Å². The van der Waals surface area contributed by atoms with E-state index in [4.69, 9.17) is 5.73 Å². The fraction of sp³-hybridized carbons (Fsp3) is 0.400. The Morgan fingerprint density at radius 1 is 1.42 bits per heavy atom. The van der Waals surface area contributed by atoms with Crippen molar-refractivity contribution >= 4 is 0 Å². The molecule has 0 aromatic heterocycles. The molecule has 0 radical (unpaired) electrons. The Balaban J connectivity index is 2.86. The lowest BCUT2D eigenvalue weighted by atomic mass is 10.1. The van der Waals surface area contributed by atoms with E-state index in [1.165, 1.54) is 0 Å². The highest BCUT2D eigenvalue weighted by Crippen LogP contribution is 2.10.